The summed E-state index contributed by atoms with van der Waals surface area (Å²) in [5.74, 6) is 4.09. The lowest BCUT2D eigenvalue weighted by Gasteiger charge is -2.18. The first-order chi connectivity index (χ1) is 9.92. The second-order valence-corrected chi connectivity index (χ2v) is 5.70. The molecular formula is C14H11Cl3F2N2. The maximum absolute atomic E-state index is 13.9. The molecule has 0 aliphatic heterocycles. The molecule has 0 saturated heterocycles. The number of halogens is 5. The minimum absolute atomic E-state index is 0.0745. The van der Waals surface area contributed by atoms with Crippen LogP contribution in [0.5, 0.6) is 0 Å². The number of hydrazine groups is 1. The van der Waals surface area contributed by atoms with Crippen molar-refractivity contribution in [1.29, 1.82) is 0 Å². The highest BCUT2D eigenvalue weighted by atomic mass is 35.5. The molecule has 2 nitrogen and oxygen atoms in total. The lowest BCUT2D eigenvalue weighted by Crippen LogP contribution is -2.30. The summed E-state index contributed by atoms with van der Waals surface area (Å²) in [7, 11) is 0. The molecule has 0 fully saturated rings. The van der Waals surface area contributed by atoms with Crippen LogP contribution >= 0.6 is 34.8 Å². The van der Waals surface area contributed by atoms with Crippen LogP contribution in [0.15, 0.2) is 30.3 Å². The Bertz CT molecular complexity index is 665. The van der Waals surface area contributed by atoms with Gasteiger partial charge in [0.05, 0.1) is 11.1 Å². The Morgan fingerprint density at radius 3 is 2.33 bits per heavy atom. The molecule has 1 atom stereocenters. The van der Waals surface area contributed by atoms with E-state index >= 15 is 0 Å². The van der Waals surface area contributed by atoms with Crippen molar-refractivity contribution in [3.63, 3.8) is 0 Å². The molecule has 0 saturated carbocycles. The van der Waals surface area contributed by atoms with E-state index in [1.165, 1.54) is 0 Å². The average molecular weight is 352 g/mol. The van der Waals surface area contributed by atoms with Gasteiger partial charge in [-0.3, -0.25) is 11.3 Å². The monoisotopic (exact) mass is 350 g/mol. The number of rotatable bonds is 4. The van der Waals surface area contributed by atoms with Crippen LogP contribution in [0, 0.1) is 11.6 Å². The molecule has 2 aromatic rings. The number of hydrogen-bond donors (Lipinski definition) is 2. The molecule has 0 aliphatic carbocycles. The summed E-state index contributed by atoms with van der Waals surface area (Å²) in [5.41, 5.74) is 3.24. The van der Waals surface area contributed by atoms with Crippen LogP contribution in [-0.4, -0.2) is 0 Å². The topological polar surface area (TPSA) is 38.0 Å². The van der Waals surface area contributed by atoms with Crippen molar-refractivity contribution in [1.82, 2.24) is 5.43 Å². The van der Waals surface area contributed by atoms with Crippen molar-refractivity contribution in [2.45, 2.75) is 12.5 Å². The predicted molar refractivity (Wildman–Crippen MR) is 81.6 cm³/mol. The van der Waals surface area contributed by atoms with E-state index in [9.17, 15) is 8.78 Å². The van der Waals surface area contributed by atoms with E-state index in [2.05, 4.69) is 5.43 Å². The Morgan fingerprint density at radius 2 is 1.71 bits per heavy atom. The van der Waals surface area contributed by atoms with Gasteiger partial charge in [0.2, 0.25) is 0 Å². The van der Waals surface area contributed by atoms with E-state index in [4.69, 9.17) is 40.6 Å². The molecule has 7 heteroatoms. The molecule has 1 unspecified atom stereocenters. The number of nitrogens with two attached hydrogens (primary N) is 1. The van der Waals surface area contributed by atoms with Crippen LogP contribution in [0.3, 0.4) is 0 Å². The van der Waals surface area contributed by atoms with Crippen molar-refractivity contribution < 1.29 is 8.78 Å². The highest BCUT2D eigenvalue weighted by Gasteiger charge is 2.19. The third kappa shape index (κ3) is 3.84. The normalized spacial score (nSPS) is 12.5. The highest BCUT2D eigenvalue weighted by molar-refractivity contribution is 6.35. The molecule has 0 spiro atoms. The predicted octanol–water partition coefficient (Wildman–Crippen LogP) is 4.67. The summed E-state index contributed by atoms with van der Waals surface area (Å²) < 4.78 is 27.5. The van der Waals surface area contributed by atoms with E-state index in [1.54, 1.807) is 18.2 Å². The highest BCUT2D eigenvalue weighted by Crippen LogP contribution is 2.29. The molecule has 0 amide bonds. The summed E-state index contributed by atoms with van der Waals surface area (Å²) in [6.45, 7) is 0. The average Bonchev–Trinajstić information content (AvgIpc) is 2.43. The molecule has 0 aromatic heterocycles. The third-order valence-electron chi connectivity index (χ3n) is 3.06. The first-order valence-corrected chi connectivity index (χ1v) is 7.10. The van der Waals surface area contributed by atoms with Gasteiger partial charge in [0.1, 0.15) is 11.6 Å². The minimum atomic E-state index is -0.712. The first kappa shape index (κ1) is 16.5. The van der Waals surface area contributed by atoms with E-state index in [0.717, 1.165) is 12.1 Å². The molecule has 3 N–H and O–H groups in total. The van der Waals surface area contributed by atoms with Crippen molar-refractivity contribution in [3.05, 3.63) is 68.2 Å². The largest absolute Gasteiger partial charge is 0.271 e. The van der Waals surface area contributed by atoms with Crippen LogP contribution in [0.2, 0.25) is 15.1 Å². The van der Waals surface area contributed by atoms with Gasteiger partial charge in [-0.2, -0.15) is 0 Å². The smallest absolute Gasteiger partial charge is 0.142 e. The fourth-order valence-corrected chi connectivity index (χ4v) is 2.61. The molecule has 0 radical (unpaired) electrons. The summed E-state index contributed by atoms with van der Waals surface area (Å²) in [6.07, 6.45) is 0.268. The lowest BCUT2D eigenvalue weighted by atomic mass is 9.98. The van der Waals surface area contributed by atoms with E-state index in [1.807, 2.05) is 0 Å². The van der Waals surface area contributed by atoms with Gasteiger partial charge in [-0.05, 0) is 36.2 Å². The Hall–Kier alpha value is -0.910. The van der Waals surface area contributed by atoms with Gasteiger partial charge in [0.25, 0.3) is 0 Å². The van der Waals surface area contributed by atoms with E-state index in [-0.39, 0.29) is 17.0 Å². The van der Waals surface area contributed by atoms with Crippen molar-refractivity contribution in [2.24, 2.45) is 5.84 Å². The number of benzene rings is 2. The summed E-state index contributed by atoms with van der Waals surface area (Å²) in [5, 5.41) is 0.638. The standard InChI is InChI=1S/C14H11Cl3F2N2/c15-8-2-1-7(10(16)4-8)3-14(21-20)9-5-13(19)11(17)6-12(9)18/h1-2,4-6,14,21H,3,20H2. The van der Waals surface area contributed by atoms with Crippen LogP contribution in [-0.2, 0) is 6.42 Å². The second-order valence-electron chi connectivity index (χ2n) is 4.45. The molecular weight excluding hydrogens is 341 g/mol. The lowest BCUT2D eigenvalue weighted by molar-refractivity contribution is 0.502. The summed E-state index contributed by atoms with van der Waals surface area (Å²) in [4.78, 5) is 0. The minimum Gasteiger partial charge on any atom is -0.271 e. The molecule has 0 heterocycles. The zero-order valence-corrected chi connectivity index (χ0v) is 12.9. The molecule has 0 aliphatic rings. The summed E-state index contributed by atoms with van der Waals surface area (Å²) in [6, 6.07) is 6.22. The number of nitrogens with one attached hydrogen (secondary N) is 1. The molecule has 112 valence electrons. The Morgan fingerprint density at radius 1 is 1.00 bits per heavy atom. The maximum Gasteiger partial charge on any atom is 0.142 e. The van der Waals surface area contributed by atoms with Crippen molar-refractivity contribution in [2.75, 3.05) is 0 Å². The molecule has 0 bridgehead atoms. The fourth-order valence-electron chi connectivity index (χ4n) is 1.97. The Balaban J connectivity index is 2.34. The van der Waals surface area contributed by atoms with Gasteiger partial charge in [-0.1, -0.05) is 40.9 Å². The van der Waals surface area contributed by atoms with Gasteiger partial charge in [0, 0.05) is 15.6 Å². The van der Waals surface area contributed by atoms with Gasteiger partial charge >= 0.3 is 0 Å². The van der Waals surface area contributed by atoms with Crippen LogP contribution in [0.25, 0.3) is 0 Å². The van der Waals surface area contributed by atoms with Gasteiger partial charge < -0.3 is 0 Å². The maximum atomic E-state index is 13.9. The van der Waals surface area contributed by atoms with Crippen LogP contribution in [0.1, 0.15) is 17.2 Å². The molecule has 21 heavy (non-hydrogen) atoms. The SMILES string of the molecule is NNC(Cc1ccc(Cl)cc1Cl)c1cc(F)c(Cl)cc1F. The zero-order valence-electron chi connectivity index (χ0n) is 10.6. The quantitative estimate of drug-likeness (QED) is 0.477. The second kappa shape index (κ2) is 6.90. The van der Waals surface area contributed by atoms with Crippen LogP contribution in [0.4, 0.5) is 8.78 Å². The van der Waals surface area contributed by atoms with Crippen molar-refractivity contribution >= 4 is 34.8 Å². The zero-order chi connectivity index (χ0) is 15.6. The van der Waals surface area contributed by atoms with E-state index < -0.39 is 17.7 Å². The Labute approximate surface area is 135 Å². The molecule has 2 rings (SSSR count). The van der Waals surface area contributed by atoms with Crippen molar-refractivity contribution in [3.8, 4) is 0 Å². The third-order valence-corrected chi connectivity index (χ3v) is 3.93. The van der Waals surface area contributed by atoms with Gasteiger partial charge in [-0.25, -0.2) is 8.78 Å². The Kier molecular flexibility index (Phi) is 5.41. The molecule has 2 aromatic carbocycles. The number of hydrogen-bond acceptors (Lipinski definition) is 2. The van der Waals surface area contributed by atoms with Crippen LogP contribution < -0.4 is 11.3 Å². The van der Waals surface area contributed by atoms with E-state index in [0.29, 0.717) is 15.6 Å². The summed E-state index contributed by atoms with van der Waals surface area (Å²) >= 11 is 17.4. The first-order valence-electron chi connectivity index (χ1n) is 5.97. The fraction of sp³-hybridized carbons (Fsp3) is 0.143. The van der Waals surface area contributed by atoms with Gasteiger partial charge in [0.15, 0.2) is 0 Å². The van der Waals surface area contributed by atoms with Gasteiger partial charge in [-0.15, -0.1) is 0 Å².